The number of nitriles is 1. The van der Waals surface area contributed by atoms with Gasteiger partial charge in [0.15, 0.2) is 0 Å². The number of nitrogens with one attached hydrogen (secondary N) is 1. The van der Waals surface area contributed by atoms with E-state index in [4.69, 9.17) is 16.9 Å². The van der Waals surface area contributed by atoms with E-state index in [9.17, 15) is 0 Å². The monoisotopic (exact) mass is 243 g/mol. The molecule has 2 aromatic rings. The minimum absolute atomic E-state index is 0.619. The molecular formula is C13H10ClN3. The van der Waals surface area contributed by atoms with Gasteiger partial charge in [0, 0.05) is 12.7 Å². The number of nitrogens with zero attached hydrogens (tertiary/aromatic N) is 2. The van der Waals surface area contributed by atoms with Crippen molar-refractivity contribution in [2.75, 3.05) is 5.32 Å². The van der Waals surface area contributed by atoms with Gasteiger partial charge < -0.3 is 5.32 Å². The van der Waals surface area contributed by atoms with Crippen molar-refractivity contribution in [3.63, 3.8) is 0 Å². The topological polar surface area (TPSA) is 48.7 Å². The molecule has 0 aliphatic carbocycles. The fraction of sp³-hybridized carbons (Fsp3) is 0.0769. The van der Waals surface area contributed by atoms with Crippen LogP contribution in [-0.4, -0.2) is 4.98 Å². The second-order valence-corrected chi connectivity index (χ2v) is 3.96. The van der Waals surface area contributed by atoms with Gasteiger partial charge in [-0.05, 0) is 29.8 Å². The van der Waals surface area contributed by atoms with Gasteiger partial charge in [0.05, 0.1) is 16.7 Å². The molecule has 0 radical (unpaired) electrons. The smallest absolute Gasteiger partial charge is 0.126 e. The van der Waals surface area contributed by atoms with Crippen LogP contribution in [0.3, 0.4) is 0 Å². The van der Waals surface area contributed by atoms with Crippen LogP contribution in [0.5, 0.6) is 0 Å². The number of benzene rings is 1. The van der Waals surface area contributed by atoms with Crippen molar-refractivity contribution in [2.24, 2.45) is 0 Å². The maximum atomic E-state index is 8.67. The predicted octanol–water partition coefficient (Wildman–Crippen LogP) is 3.22. The molecule has 0 atom stereocenters. The summed E-state index contributed by atoms with van der Waals surface area (Å²) in [5, 5.41) is 12.5. The van der Waals surface area contributed by atoms with Gasteiger partial charge in [-0.2, -0.15) is 5.26 Å². The van der Waals surface area contributed by atoms with Crippen molar-refractivity contribution >= 4 is 17.4 Å². The van der Waals surface area contributed by atoms with Gasteiger partial charge in [0.1, 0.15) is 5.82 Å². The number of aromatic nitrogens is 1. The van der Waals surface area contributed by atoms with Crippen LogP contribution in [0.4, 0.5) is 5.82 Å². The zero-order valence-electron chi connectivity index (χ0n) is 9.02. The van der Waals surface area contributed by atoms with E-state index in [1.165, 1.54) is 0 Å². The quantitative estimate of drug-likeness (QED) is 0.901. The van der Waals surface area contributed by atoms with Crippen LogP contribution in [-0.2, 0) is 6.54 Å². The molecule has 0 aliphatic heterocycles. The number of rotatable bonds is 3. The lowest BCUT2D eigenvalue weighted by atomic mass is 10.1. The number of pyridine rings is 1. The zero-order chi connectivity index (χ0) is 12.1. The van der Waals surface area contributed by atoms with Gasteiger partial charge in [-0.15, -0.1) is 0 Å². The highest BCUT2D eigenvalue weighted by Crippen LogP contribution is 2.11. The Labute approximate surface area is 105 Å². The van der Waals surface area contributed by atoms with E-state index in [-0.39, 0.29) is 0 Å². The predicted molar refractivity (Wildman–Crippen MR) is 67.7 cm³/mol. The molecule has 1 N–H and O–H groups in total. The van der Waals surface area contributed by atoms with Gasteiger partial charge >= 0.3 is 0 Å². The Morgan fingerprint density at radius 1 is 1.18 bits per heavy atom. The average molecular weight is 244 g/mol. The normalized spacial score (nSPS) is 9.65. The van der Waals surface area contributed by atoms with Gasteiger partial charge in [-0.1, -0.05) is 23.7 Å². The summed E-state index contributed by atoms with van der Waals surface area (Å²) >= 11 is 5.74. The molecule has 1 heterocycles. The summed E-state index contributed by atoms with van der Waals surface area (Å²) in [6, 6.07) is 13.1. The van der Waals surface area contributed by atoms with Crippen LogP contribution < -0.4 is 5.32 Å². The highest BCUT2D eigenvalue weighted by atomic mass is 35.5. The average Bonchev–Trinajstić information content (AvgIpc) is 2.39. The van der Waals surface area contributed by atoms with Crippen LogP contribution in [0.2, 0.25) is 5.02 Å². The molecule has 0 fully saturated rings. The maximum Gasteiger partial charge on any atom is 0.126 e. The molecule has 0 spiro atoms. The van der Waals surface area contributed by atoms with Crippen molar-refractivity contribution in [1.82, 2.24) is 4.98 Å². The van der Waals surface area contributed by atoms with Gasteiger partial charge in [-0.3, -0.25) is 0 Å². The third kappa shape index (κ3) is 3.20. The van der Waals surface area contributed by atoms with Crippen molar-refractivity contribution in [3.8, 4) is 6.07 Å². The molecule has 2 rings (SSSR count). The summed E-state index contributed by atoms with van der Waals surface area (Å²) in [5.74, 6) is 0.777. The molecular weight excluding hydrogens is 234 g/mol. The Balaban J connectivity index is 1.98. The number of hydrogen-bond acceptors (Lipinski definition) is 3. The molecule has 0 unspecified atom stereocenters. The number of halogens is 1. The summed E-state index contributed by atoms with van der Waals surface area (Å²) in [6.07, 6.45) is 1.60. The summed E-state index contributed by atoms with van der Waals surface area (Å²) in [6.45, 7) is 0.667. The highest BCUT2D eigenvalue weighted by Gasteiger charge is 1.96. The molecule has 17 heavy (non-hydrogen) atoms. The Kier molecular flexibility index (Phi) is 3.59. The maximum absolute atomic E-state index is 8.67. The largest absolute Gasteiger partial charge is 0.366 e. The van der Waals surface area contributed by atoms with Crippen LogP contribution in [0.25, 0.3) is 0 Å². The van der Waals surface area contributed by atoms with E-state index in [1.54, 1.807) is 24.4 Å². The van der Waals surface area contributed by atoms with Crippen molar-refractivity contribution in [2.45, 2.75) is 6.54 Å². The molecule has 0 saturated heterocycles. The van der Waals surface area contributed by atoms with Crippen molar-refractivity contribution in [1.29, 1.82) is 5.26 Å². The van der Waals surface area contributed by atoms with Crippen LogP contribution in [0.15, 0.2) is 42.6 Å². The second-order valence-electron chi connectivity index (χ2n) is 3.52. The lowest BCUT2D eigenvalue weighted by Crippen LogP contribution is -2.00. The Bertz CT molecular complexity index is 526. The molecule has 0 bridgehead atoms. The van der Waals surface area contributed by atoms with E-state index in [2.05, 4.69) is 16.4 Å². The highest BCUT2D eigenvalue weighted by molar-refractivity contribution is 6.30. The van der Waals surface area contributed by atoms with E-state index >= 15 is 0 Å². The number of anilines is 1. The van der Waals surface area contributed by atoms with Crippen LogP contribution in [0.1, 0.15) is 11.1 Å². The van der Waals surface area contributed by atoms with Gasteiger partial charge in [0.2, 0.25) is 0 Å². The van der Waals surface area contributed by atoms with E-state index < -0.39 is 0 Å². The first-order chi connectivity index (χ1) is 8.28. The summed E-state index contributed by atoms with van der Waals surface area (Å²) in [7, 11) is 0. The van der Waals surface area contributed by atoms with Crippen molar-refractivity contribution < 1.29 is 0 Å². The van der Waals surface area contributed by atoms with Gasteiger partial charge in [0.25, 0.3) is 0 Å². The molecule has 1 aromatic heterocycles. The molecule has 84 valence electrons. The third-order valence-corrected chi connectivity index (χ3v) is 2.51. The number of hydrogen-bond donors (Lipinski definition) is 1. The molecule has 0 aliphatic rings. The zero-order valence-corrected chi connectivity index (χ0v) is 9.78. The van der Waals surface area contributed by atoms with E-state index in [0.29, 0.717) is 17.1 Å². The summed E-state index contributed by atoms with van der Waals surface area (Å²) in [4.78, 5) is 4.13. The lowest BCUT2D eigenvalue weighted by molar-refractivity contribution is 1.11. The molecule has 0 amide bonds. The van der Waals surface area contributed by atoms with Crippen molar-refractivity contribution in [3.05, 3.63) is 58.7 Å². The van der Waals surface area contributed by atoms with Crippen LogP contribution >= 0.6 is 11.6 Å². The molecule has 4 heteroatoms. The van der Waals surface area contributed by atoms with E-state index in [0.717, 1.165) is 11.4 Å². The second kappa shape index (κ2) is 5.33. The fourth-order valence-corrected chi connectivity index (χ4v) is 1.48. The first-order valence-corrected chi connectivity index (χ1v) is 5.50. The minimum atomic E-state index is 0.619. The summed E-state index contributed by atoms with van der Waals surface area (Å²) < 4.78 is 0. The summed E-state index contributed by atoms with van der Waals surface area (Å²) in [5.41, 5.74) is 1.76. The molecule has 3 nitrogen and oxygen atoms in total. The van der Waals surface area contributed by atoms with Crippen LogP contribution in [0, 0.1) is 11.3 Å². The SMILES string of the molecule is N#Cc1ccc(CNc2ccc(Cl)cn2)cc1. The Morgan fingerprint density at radius 3 is 2.53 bits per heavy atom. The minimum Gasteiger partial charge on any atom is -0.366 e. The standard InChI is InChI=1S/C13H10ClN3/c14-12-5-6-13(17-9-12)16-8-11-3-1-10(7-15)2-4-11/h1-6,9H,8H2,(H,16,17). The molecule has 1 aromatic carbocycles. The third-order valence-electron chi connectivity index (χ3n) is 2.28. The fourth-order valence-electron chi connectivity index (χ4n) is 1.37. The first-order valence-electron chi connectivity index (χ1n) is 5.12. The molecule has 0 saturated carbocycles. The van der Waals surface area contributed by atoms with E-state index in [1.807, 2.05) is 18.2 Å². The Morgan fingerprint density at radius 2 is 1.94 bits per heavy atom. The van der Waals surface area contributed by atoms with Gasteiger partial charge in [-0.25, -0.2) is 4.98 Å². The first kappa shape index (κ1) is 11.4. The lowest BCUT2D eigenvalue weighted by Gasteiger charge is -2.05. The Hall–Kier alpha value is -2.05.